The molecule has 0 rings (SSSR count). The van der Waals surface area contributed by atoms with E-state index in [-0.39, 0.29) is 31.1 Å². The fraction of sp³-hybridized carbons (Fsp3) is 0.831. The molecule has 484 valence electrons. The molecule has 0 saturated heterocycles. The van der Waals surface area contributed by atoms with E-state index in [1.807, 2.05) is 0 Å². The van der Waals surface area contributed by atoms with Crippen LogP contribution in [0.5, 0.6) is 0 Å². The van der Waals surface area contributed by atoms with Crippen molar-refractivity contribution in [3.05, 3.63) is 60.8 Å². The molecule has 0 amide bonds. The molecule has 0 spiro atoms. The van der Waals surface area contributed by atoms with Crippen molar-refractivity contribution < 1.29 is 28.6 Å². The van der Waals surface area contributed by atoms with Gasteiger partial charge in [0.2, 0.25) is 0 Å². The predicted octanol–water partition coefficient (Wildman–Crippen LogP) is 25.5. The number of carbonyl (C=O) groups is 3. The molecule has 0 aromatic rings. The number of rotatable bonds is 68. The quantitative estimate of drug-likeness (QED) is 0.0261. The molecule has 0 aliphatic heterocycles. The van der Waals surface area contributed by atoms with Gasteiger partial charge in [-0.25, -0.2) is 0 Å². The van der Waals surface area contributed by atoms with E-state index in [2.05, 4.69) is 81.5 Å². The molecule has 0 aliphatic rings. The maximum absolute atomic E-state index is 12.9. The van der Waals surface area contributed by atoms with E-state index >= 15 is 0 Å². The lowest BCUT2D eigenvalue weighted by Crippen LogP contribution is -2.30. The first kappa shape index (κ1) is 80.1. The van der Waals surface area contributed by atoms with Gasteiger partial charge in [0.25, 0.3) is 0 Å². The Morgan fingerprint density at radius 2 is 0.434 bits per heavy atom. The summed E-state index contributed by atoms with van der Waals surface area (Å²) in [6.07, 6.45) is 92.7. The smallest absolute Gasteiger partial charge is 0.306 e. The molecule has 0 aliphatic carbocycles. The summed E-state index contributed by atoms with van der Waals surface area (Å²) in [6.45, 7) is 6.65. The van der Waals surface area contributed by atoms with Crippen LogP contribution < -0.4 is 0 Å². The van der Waals surface area contributed by atoms with Crippen molar-refractivity contribution in [2.24, 2.45) is 0 Å². The first-order valence-electron chi connectivity index (χ1n) is 36.8. The zero-order chi connectivity index (χ0) is 59.9. The van der Waals surface area contributed by atoms with Crippen LogP contribution in [-0.2, 0) is 28.6 Å². The van der Waals surface area contributed by atoms with Gasteiger partial charge in [0.15, 0.2) is 6.10 Å². The summed E-state index contributed by atoms with van der Waals surface area (Å²) >= 11 is 0. The maximum Gasteiger partial charge on any atom is 0.306 e. The van der Waals surface area contributed by atoms with Crippen molar-refractivity contribution in [1.29, 1.82) is 0 Å². The van der Waals surface area contributed by atoms with E-state index in [0.29, 0.717) is 19.3 Å². The SMILES string of the molecule is CCCCCC/C=C\CCCCCCCC(=O)OCC(COC(=O)CCCCCCCCCCCCCCCCCCCCC/C=C\CCCCCCCCCC)OC(=O)CCCCCCCC/C=C\C/C=C\C/C=C\CCCCCCC. The minimum absolute atomic E-state index is 0.0789. The molecule has 83 heavy (non-hydrogen) atoms. The second kappa shape index (κ2) is 71.6. The van der Waals surface area contributed by atoms with Gasteiger partial charge in [-0.2, -0.15) is 0 Å². The van der Waals surface area contributed by atoms with Crippen molar-refractivity contribution in [3.63, 3.8) is 0 Å². The lowest BCUT2D eigenvalue weighted by molar-refractivity contribution is -0.167. The number of hydrogen-bond donors (Lipinski definition) is 0. The molecule has 0 aromatic heterocycles. The van der Waals surface area contributed by atoms with E-state index in [4.69, 9.17) is 14.2 Å². The highest BCUT2D eigenvalue weighted by atomic mass is 16.6. The summed E-state index contributed by atoms with van der Waals surface area (Å²) < 4.78 is 17.0. The summed E-state index contributed by atoms with van der Waals surface area (Å²) in [4.78, 5) is 38.4. The van der Waals surface area contributed by atoms with Crippen molar-refractivity contribution in [1.82, 2.24) is 0 Å². The maximum atomic E-state index is 12.9. The Labute approximate surface area is 517 Å². The topological polar surface area (TPSA) is 78.9 Å². The van der Waals surface area contributed by atoms with Crippen LogP contribution in [0.3, 0.4) is 0 Å². The molecule has 0 saturated carbocycles. The standard InChI is InChI=1S/C77H140O6/c1-4-7-10-13-16-19-22-25-27-29-31-33-34-35-36-37-38-39-40-41-42-44-45-47-49-52-55-58-61-64-67-70-76(79)82-73-74(72-81-75(78)69-66-63-60-57-54-51-24-21-18-15-12-9-6-3)83-77(80)71-68-65-62-59-56-53-50-48-46-43-32-30-28-26-23-20-17-14-11-8-5-2/h21,23-24,26,29-32,46,48,74H,4-20,22,25,27-28,33-45,47,49-73H2,1-3H3/b24-21-,26-23-,31-29-,32-30-,48-46-. The Balaban J connectivity index is 4.20. The van der Waals surface area contributed by atoms with E-state index in [1.54, 1.807) is 0 Å². The Bertz CT molecular complexity index is 1470. The third-order valence-electron chi connectivity index (χ3n) is 16.5. The fourth-order valence-corrected chi connectivity index (χ4v) is 10.9. The number of esters is 3. The van der Waals surface area contributed by atoms with Crippen LogP contribution in [0.1, 0.15) is 393 Å². The molecule has 0 bridgehead atoms. The molecular weight excluding hydrogens is 1020 g/mol. The number of carbonyl (C=O) groups excluding carboxylic acids is 3. The fourth-order valence-electron chi connectivity index (χ4n) is 10.9. The average Bonchev–Trinajstić information content (AvgIpc) is 3.49. The second-order valence-electron chi connectivity index (χ2n) is 24.8. The Morgan fingerprint density at radius 1 is 0.241 bits per heavy atom. The van der Waals surface area contributed by atoms with Crippen molar-refractivity contribution in [3.8, 4) is 0 Å². The van der Waals surface area contributed by atoms with Crippen molar-refractivity contribution >= 4 is 17.9 Å². The molecule has 0 radical (unpaired) electrons. The van der Waals surface area contributed by atoms with Gasteiger partial charge in [-0.15, -0.1) is 0 Å². The normalized spacial score (nSPS) is 12.4. The van der Waals surface area contributed by atoms with Crippen molar-refractivity contribution in [2.45, 2.75) is 399 Å². The number of hydrogen-bond acceptors (Lipinski definition) is 6. The Kier molecular flexibility index (Phi) is 69.1. The first-order valence-corrected chi connectivity index (χ1v) is 36.8. The third kappa shape index (κ3) is 69.8. The van der Waals surface area contributed by atoms with Gasteiger partial charge in [-0.05, 0) is 109 Å². The summed E-state index contributed by atoms with van der Waals surface area (Å²) in [5.74, 6) is -0.878. The predicted molar refractivity (Wildman–Crippen MR) is 362 cm³/mol. The summed E-state index contributed by atoms with van der Waals surface area (Å²) in [5.41, 5.74) is 0. The van der Waals surface area contributed by atoms with Crippen LogP contribution in [0.15, 0.2) is 60.8 Å². The Hall–Kier alpha value is -2.89. The van der Waals surface area contributed by atoms with Gasteiger partial charge in [-0.1, -0.05) is 326 Å². The zero-order valence-corrected chi connectivity index (χ0v) is 55.7. The molecule has 6 heteroatoms. The van der Waals surface area contributed by atoms with Crippen LogP contribution in [-0.4, -0.2) is 37.2 Å². The average molecular weight is 1160 g/mol. The first-order chi connectivity index (χ1) is 41.0. The third-order valence-corrected chi connectivity index (χ3v) is 16.5. The molecule has 6 nitrogen and oxygen atoms in total. The van der Waals surface area contributed by atoms with Gasteiger partial charge >= 0.3 is 17.9 Å². The van der Waals surface area contributed by atoms with Gasteiger partial charge in [-0.3, -0.25) is 14.4 Å². The Morgan fingerprint density at radius 3 is 0.699 bits per heavy atom. The second-order valence-corrected chi connectivity index (χ2v) is 24.8. The van der Waals surface area contributed by atoms with E-state index in [0.717, 1.165) is 89.9 Å². The number of unbranched alkanes of at least 4 members (excludes halogenated alkanes) is 47. The molecule has 1 atom stereocenters. The van der Waals surface area contributed by atoms with Gasteiger partial charge in [0.05, 0.1) is 0 Å². The van der Waals surface area contributed by atoms with E-state index in [1.165, 1.54) is 263 Å². The van der Waals surface area contributed by atoms with Gasteiger partial charge < -0.3 is 14.2 Å². The molecule has 0 aromatic carbocycles. The lowest BCUT2D eigenvalue weighted by atomic mass is 10.0. The molecule has 1 unspecified atom stereocenters. The van der Waals surface area contributed by atoms with Gasteiger partial charge in [0, 0.05) is 19.3 Å². The lowest BCUT2D eigenvalue weighted by Gasteiger charge is -2.18. The molecule has 0 N–H and O–H groups in total. The van der Waals surface area contributed by atoms with Crippen LogP contribution in [0.4, 0.5) is 0 Å². The highest BCUT2D eigenvalue weighted by molar-refractivity contribution is 5.71. The van der Waals surface area contributed by atoms with Gasteiger partial charge in [0.1, 0.15) is 13.2 Å². The zero-order valence-electron chi connectivity index (χ0n) is 55.7. The summed E-state index contributed by atoms with van der Waals surface area (Å²) in [7, 11) is 0. The molecular formula is C77H140O6. The largest absolute Gasteiger partial charge is 0.462 e. The molecule has 0 fully saturated rings. The van der Waals surface area contributed by atoms with E-state index in [9.17, 15) is 14.4 Å². The van der Waals surface area contributed by atoms with Crippen molar-refractivity contribution in [2.75, 3.05) is 13.2 Å². The van der Waals surface area contributed by atoms with Crippen LogP contribution in [0.2, 0.25) is 0 Å². The summed E-state index contributed by atoms with van der Waals surface area (Å²) in [5, 5.41) is 0. The summed E-state index contributed by atoms with van der Waals surface area (Å²) in [6, 6.07) is 0. The molecule has 0 heterocycles. The minimum atomic E-state index is -0.785. The number of allylic oxidation sites excluding steroid dienone is 10. The van der Waals surface area contributed by atoms with E-state index < -0.39 is 6.10 Å². The number of ether oxygens (including phenoxy) is 3. The van der Waals surface area contributed by atoms with Crippen LogP contribution >= 0.6 is 0 Å². The monoisotopic (exact) mass is 1160 g/mol. The minimum Gasteiger partial charge on any atom is -0.462 e. The van der Waals surface area contributed by atoms with Crippen LogP contribution in [0, 0.1) is 0 Å². The van der Waals surface area contributed by atoms with Crippen LogP contribution in [0.25, 0.3) is 0 Å². The highest BCUT2D eigenvalue weighted by Gasteiger charge is 2.19. The highest BCUT2D eigenvalue weighted by Crippen LogP contribution is 2.18.